The summed E-state index contributed by atoms with van der Waals surface area (Å²) in [6, 6.07) is 7.63. The third kappa shape index (κ3) is 6.05. The van der Waals surface area contributed by atoms with Crippen molar-refractivity contribution in [2.75, 3.05) is 26.4 Å². The molecule has 0 radical (unpaired) electrons. The van der Waals surface area contributed by atoms with E-state index >= 15 is 0 Å². The fourth-order valence-corrected chi connectivity index (χ4v) is 2.95. The summed E-state index contributed by atoms with van der Waals surface area (Å²) < 4.78 is 10.7. The Labute approximate surface area is 148 Å². The van der Waals surface area contributed by atoms with Crippen LogP contribution in [0.4, 0.5) is 0 Å². The molecule has 6 nitrogen and oxygen atoms in total. The van der Waals surface area contributed by atoms with Gasteiger partial charge in [0, 0.05) is 19.8 Å². The van der Waals surface area contributed by atoms with E-state index in [2.05, 4.69) is 19.2 Å². The van der Waals surface area contributed by atoms with Gasteiger partial charge in [-0.05, 0) is 42.4 Å². The highest BCUT2D eigenvalue weighted by atomic mass is 16.5. The summed E-state index contributed by atoms with van der Waals surface area (Å²) in [4.78, 5) is 23.4. The van der Waals surface area contributed by atoms with Crippen LogP contribution in [0.3, 0.4) is 0 Å². The van der Waals surface area contributed by atoms with Gasteiger partial charge in [-0.3, -0.25) is 9.59 Å². The first kappa shape index (κ1) is 19.2. The van der Waals surface area contributed by atoms with Gasteiger partial charge in [0.05, 0.1) is 5.92 Å². The number of amides is 1. The lowest BCUT2D eigenvalue weighted by molar-refractivity contribution is -0.145. The van der Waals surface area contributed by atoms with E-state index in [4.69, 9.17) is 9.47 Å². The van der Waals surface area contributed by atoms with Gasteiger partial charge >= 0.3 is 5.97 Å². The second-order valence-corrected chi connectivity index (χ2v) is 6.71. The van der Waals surface area contributed by atoms with Gasteiger partial charge in [0.15, 0.2) is 6.61 Å². The van der Waals surface area contributed by atoms with Crippen LogP contribution in [0.1, 0.15) is 38.2 Å². The van der Waals surface area contributed by atoms with Crippen molar-refractivity contribution in [2.45, 2.75) is 32.6 Å². The first-order chi connectivity index (χ1) is 12.0. The summed E-state index contributed by atoms with van der Waals surface area (Å²) in [5.74, 6) is -0.674. The van der Waals surface area contributed by atoms with Gasteiger partial charge in [0.1, 0.15) is 5.75 Å². The van der Waals surface area contributed by atoms with Crippen molar-refractivity contribution in [1.29, 1.82) is 0 Å². The van der Waals surface area contributed by atoms with Gasteiger partial charge in [-0.25, -0.2) is 0 Å². The normalized spacial score (nSPS) is 16.4. The number of carboxylic acid groups (broad SMARTS) is 1. The van der Waals surface area contributed by atoms with E-state index < -0.39 is 11.9 Å². The zero-order valence-electron chi connectivity index (χ0n) is 14.9. The average molecular weight is 349 g/mol. The fourth-order valence-electron chi connectivity index (χ4n) is 2.95. The highest BCUT2D eigenvalue weighted by Crippen LogP contribution is 2.23. The highest BCUT2D eigenvalue weighted by Gasteiger charge is 2.30. The molecule has 1 aromatic rings. The van der Waals surface area contributed by atoms with Crippen LogP contribution in [0.2, 0.25) is 0 Å². The molecule has 0 spiro atoms. The van der Waals surface area contributed by atoms with Crippen molar-refractivity contribution in [1.82, 2.24) is 5.32 Å². The largest absolute Gasteiger partial charge is 0.484 e. The first-order valence-electron chi connectivity index (χ1n) is 8.77. The minimum atomic E-state index is -0.877. The molecule has 1 atom stereocenters. The Balaban J connectivity index is 1.77. The Bertz CT molecular complexity index is 564. The molecule has 0 saturated carbocycles. The van der Waals surface area contributed by atoms with E-state index in [0.717, 1.165) is 0 Å². The van der Waals surface area contributed by atoms with Crippen LogP contribution >= 0.6 is 0 Å². The Kier molecular flexibility index (Phi) is 7.25. The maximum absolute atomic E-state index is 11.9. The lowest BCUT2D eigenvalue weighted by Gasteiger charge is -2.27. The van der Waals surface area contributed by atoms with Gasteiger partial charge in [0.25, 0.3) is 5.91 Å². The Morgan fingerprint density at radius 2 is 1.88 bits per heavy atom. The standard InChI is InChI=1S/C19H27NO5/c1-13(2)14-3-5-16(6-4-14)25-12-18(21)20-11-17(19(22)23)15-7-9-24-10-8-15/h3-6,13,15,17H,7-12H2,1-2H3,(H,20,21)(H,22,23). The van der Waals surface area contributed by atoms with Crippen molar-refractivity contribution < 1.29 is 24.2 Å². The Morgan fingerprint density at radius 1 is 1.24 bits per heavy atom. The molecule has 1 aliphatic rings. The molecule has 2 rings (SSSR count). The van der Waals surface area contributed by atoms with Crippen molar-refractivity contribution in [3.63, 3.8) is 0 Å². The van der Waals surface area contributed by atoms with Gasteiger partial charge in [0.2, 0.25) is 0 Å². The molecule has 1 amide bonds. The Hall–Kier alpha value is -2.08. The number of nitrogens with one attached hydrogen (secondary N) is 1. The number of rotatable bonds is 8. The summed E-state index contributed by atoms with van der Waals surface area (Å²) >= 11 is 0. The molecule has 1 unspecified atom stereocenters. The molecular formula is C19H27NO5. The molecule has 1 heterocycles. The topological polar surface area (TPSA) is 84.9 Å². The van der Waals surface area contributed by atoms with Gasteiger partial charge in [-0.2, -0.15) is 0 Å². The number of benzene rings is 1. The quantitative estimate of drug-likeness (QED) is 0.753. The zero-order chi connectivity index (χ0) is 18.2. The van der Waals surface area contributed by atoms with E-state index in [1.807, 2.05) is 24.3 Å². The zero-order valence-corrected chi connectivity index (χ0v) is 14.9. The van der Waals surface area contributed by atoms with Crippen LogP contribution in [-0.4, -0.2) is 43.3 Å². The molecule has 1 aliphatic heterocycles. The van der Waals surface area contributed by atoms with Crippen molar-refractivity contribution >= 4 is 11.9 Å². The third-order valence-corrected chi connectivity index (χ3v) is 4.59. The SMILES string of the molecule is CC(C)c1ccc(OCC(=O)NCC(C(=O)O)C2CCOCC2)cc1. The number of carbonyl (C=O) groups excluding carboxylic acids is 1. The maximum Gasteiger partial charge on any atom is 0.308 e. The second-order valence-electron chi connectivity index (χ2n) is 6.71. The second kappa shape index (κ2) is 9.42. The fraction of sp³-hybridized carbons (Fsp3) is 0.579. The van der Waals surface area contributed by atoms with Crippen molar-refractivity contribution in [3.05, 3.63) is 29.8 Å². The molecule has 6 heteroatoms. The summed E-state index contributed by atoms with van der Waals surface area (Å²) in [7, 11) is 0. The predicted octanol–water partition coefficient (Wildman–Crippen LogP) is 2.43. The molecule has 1 fully saturated rings. The lowest BCUT2D eigenvalue weighted by Crippen LogP contribution is -2.40. The highest BCUT2D eigenvalue weighted by molar-refractivity contribution is 5.78. The molecule has 138 valence electrons. The number of hydrogen-bond donors (Lipinski definition) is 2. The van der Waals surface area contributed by atoms with E-state index in [1.54, 1.807) is 0 Å². The molecule has 0 aliphatic carbocycles. The number of ether oxygens (including phenoxy) is 2. The molecule has 0 bridgehead atoms. The average Bonchev–Trinajstić information content (AvgIpc) is 2.61. The minimum Gasteiger partial charge on any atom is -0.484 e. The van der Waals surface area contributed by atoms with E-state index in [-0.39, 0.29) is 25.0 Å². The van der Waals surface area contributed by atoms with Crippen LogP contribution in [0.5, 0.6) is 5.75 Å². The summed E-state index contributed by atoms with van der Waals surface area (Å²) in [5, 5.41) is 12.1. The van der Waals surface area contributed by atoms with Gasteiger partial charge in [-0.1, -0.05) is 26.0 Å². The predicted molar refractivity (Wildman–Crippen MR) is 93.7 cm³/mol. The smallest absolute Gasteiger partial charge is 0.308 e. The van der Waals surface area contributed by atoms with Crippen LogP contribution in [0.25, 0.3) is 0 Å². The molecule has 1 aromatic carbocycles. The number of aliphatic carboxylic acids is 1. The molecular weight excluding hydrogens is 322 g/mol. The number of carboxylic acids is 1. The molecule has 0 aromatic heterocycles. The van der Waals surface area contributed by atoms with Crippen LogP contribution in [0.15, 0.2) is 24.3 Å². The van der Waals surface area contributed by atoms with Gasteiger partial charge in [-0.15, -0.1) is 0 Å². The summed E-state index contributed by atoms with van der Waals surface area (Å²) in [6.07, 6.45) is 1.43. The summed E-state index contributed by atoms with van der Waals surface area (Å²) in [5.41, 5.74) is 1.21. The van der Waals surface area contributed by atoms with E-state index in [0.29, 0.717) is 37.7 Å². The summed E-state index contributed by atoms with van der Waals surface area (Å²) in [6.45, 7) is 5.38. The van der Waals surface area contributed by atoms with Crippen LogP contribution < -0.4 is 10.1 Å². The van der Waals surface area contributed by atoms with Crippen LogP contribution in [-0.2, 0) is 14.3 Å². The third-order valence-electron chi connectivity index (χ3n) is 4.59. The maximum atomic E-state index is 11.9. The molecule has 1 saturated heterocycles. The first-order valence-corrected chi connectivity index (χ1v) is 8.77. The van der Waals surface area contributed by atoms with Crippen molar-refractivity contribution in [3.8, 4) is 5.75 Å². The lowest BCUT2D eigenvalue weighted by atomic mass is 9.86. The van der Waals surface area contributed by atoms with Crippen molar-refractivity contribution in [2.24, 2.45) is 11.8 Å². The Morgan fingerprint density at radius 3 is 2.44 bits per heavy atom. The van der Waals surface area contributed by atoms with Crippen LogP contribution in [0, 0.1) is 11.8 Å². The van der Waals surface area contributed by atoms with E-state index in [1.165, 1.54) is 5.56 Å². The minimum absolute atomic E-state index is 0.0380. The monoisotopic (exact) mass is 349 g/mol. The van der Waals surface area contributed by atoms with Gasteiger partial charge < -0.3 is 19.9 Å². The van der Waals surface area contributed by atoms with E-state index in [9.17, 15) is 14.7 Å². The number of carbonyl (C=O) groups is 2. The molecule has 2 N–H and O–H groups in total. The molecule has 25 heavy (non-hydrogen) atoms. The number of hydrogen-bond acceptors (Lipinski definition) is 4.